The van der Waals surface area contributed by atoms with Gasteiger partial charge in [0.1, 0.15) is 0 Å². The van der Waals surface area contributed by atoms with Gasteiger partial charge in [-0.05, 0) is 17.7 Å². The maximum absolute atomic E-state index is 8.74. The van der Waals surface area contributed by atoms with E-state index >= 15 is 0 Å². The summed E-state index contributed by atoms with van der Waals surface area (Å²) >= 11 is 0. The second kappa shape index (κ2) is 10.1. The molecule has 20 heavy (non-hydrogen) atoms. The van der Waals surface area contributed by atoms with Crippen molar-refractivity contribution in [2.45, 2.75) is 44.6 Å². The molecular weight excluding hydrogens is 268 g/mol. The van der Waals surface area contributed by atoms with Crippen LogP contribution < -0.4 is 5.19 Å². The number of benzene rings is 1. The summed E-state index contributed by atoms with van der Waals surface area (Å²) in [6, 6.07) is 11.3. The van der Waals surface area contributed by atoms with Crippen LogP contribution in [0.15, 0.2) is 30.3 Å². The lowest BCUT2D eigenvalue weighted by atomic mass is 10.1. The lowest BCUT2D eigenvalue weighted by Gasteiger charge is -2.27. The van der Waals surface area contributed by atoms with E-state index in [1.807, 2.05) is 18.2 Å². The molecule has 0 fully saturated rings. The van der Waals surface area contributed by atoms with Crippen molar-refractivity contribution in [1.29, 1.82) is 0 Å². The maximum Gasteiger partial charge on any atom is 0.371 e. The molecule has 0 saturated carbocycles. The first-order valence-corrected chi connectivity index (χ1v) is 9.58. The van der Waals surface area contributed by atoms with E-state index in [2.05, 4.69) is 12.1 Å². The highest BCUT2D eigenvalue weighted by atomic mass is 28.4. The number of hydrogen-bond acceptors (Lipinski definition) is 3. The van der Waals surface area contributed by atoms with Gasteiger partial charge in [0.2, 0.25) is 0 Å². The van der Waals surface area contributed by atoms with Crippen molar-refractivity contribution in [3.8, 4) is 0 Å². The molecule has 4 heteroatoms. The molecule has 0 atom stereocenters. The summed E-state index contributed by atoms with van der Waals surface area (Å²) in [4.78, 5) is 0. The first-order chi connectivity index (χ1) is 9.79. The Morgan fingerprint density at radius 1 is 0.850 bits per heavy atom. The van der Waals surface area contributed by atoms with Crippen LogP contribution in [0, 0.1) is 0 Å². The molecular formula is C16H28O3Si. The summed E-state index contributed by atoms with van der Waals surface area (Å²) in [5, 5.41) is 9.95. The normalized spacial score (nSPS) is 11.8. The fraction of sp³-hybridized carbons (Fsp3) is 0.625. The van der Waals surface area contributed by atoms with E-state index in [-0.39, 0.29) is 0 Å². The fourth-order valence-corrected chi connectivity index (χ4v) is 5.29. The molecule has 0 saturated heterocycles. The van der Waals surface area contributed by atoms with Gasteiger partial charge in [-0.25, -0.2) is 0 Å². The summed E-state index contributed by atoms with van der Waals surface area (Å²) in [6.45, 7) is 0.317. The van der Waals surface area contributed by atoms with Crippen molar-refractivity contribution in [3.05, 3.63) is 30.3 Å². The second-order valence-corrected chi connectivity index (χ2v) is 8.52. The van der Waals surface area contributed by atoms with E-state index in [1.54, 1.807) is 14.2 Å². The first kappa shape index (κ1) is 17.4. The van der Waals surface area contributed by atoms with Gasteiger partial charge in [-0.15, -0.1) is 0 Å². The summed E-state index contributed by atoms with van der Waals surface area (Å²) < 4.78 is 11.6. The van der Waals surface area contributed by atoms with Crippen LogP contribution in [-0.2, 0) is 8.85 Å². The molecule has 0 amide bonds. The van der Waals surface area contributed by atoms with E-state index in [4.69, 9.17) is 14.0 Å². The Bertz CT molecular complexity index is 339. The Kier molecular flexibility index (Phi) is 8.77. The third-order valence-corrected chi connectivity index (χ3v) is 7.33. The van der Waals surface area contributed by atoms with Crippen LogP contribution in [0.25, 0.3) is 0 Å². The molecule has 0 aromatic heterocycles. The topological polar surface area (TPSA) is 38.7 Å². The van der Waals surface area contributed by atoms with E-state index in [0.717, 1.165) is 25.3 Å². The Labute approximate surface area is 124 Å². The van der Waals surface area contributed by atoms with Crippen LogP contribution in [0.4, 0.5) is 0 Å². The van der Waals surface area contributed by atoms with Crippen LogP contribution in [0.5, 0.6) is 0 Å². The second-order valence-electron chi connectivity index (χ2n) is 5.12. The minimum atomic E-state index is -2.23. The average molecular weight is 296 g/mol. The van der Waals surface area contributed by atoms with E-state index in [0.29, 0.717) is 6.61 Å². The summed E-state index contributed by atoms with van der Waals surface area (Å²) in [5.74, 6) is 0. The molecule has 1 N–H and O–H groups in total. The van der Waals surface area contributed by atoms with Gasteiger partial charge < -0.3 is 14.0 Å². The van der Waals surface area contributed by atoms with Gasteiger partial charge in [-0.2, -0.15) is 0 Å². The van der Waals surface area contributed by atoms with Crippen LogP contribution in [0.2, 0.25) is 6.04 Å². The highest BCUT2D eigenvalue weighted by Gasteiger charge is 2.37. The van der Waals surface area contributed by atoms with Gasteiger partial charge in [0.15, 0.2) is 0 Å². The smallest absolute Gasteiger partial charge is 0.371 e. The zero-order valence-electron chi connectivity index (χ0n) is 12.8. The highest BCUT2D eigenvalue weighted by molar-refractivity contribution is 6.81. The standard InChI is InChI=1S/C16H28O3Si/c1-18-20(19-2,16-12-8-7-9-13-16)15-11-6-4-3-5-10-14-17/h7-9,12-13,17H,3-6,10-11,14-15H2,1-2H3. The number of aliphatic hydroxyl groups excluding tert-OH is 1. The molecule has 114 valence electrons. The van der Waals surface area contributed by atoms with Crippen molar-refractivity contribution in [3.63, 3.8) is 0 Å². The molecule has 0 aliphatic rings. The Hall–Kier alpha value is -0.683. The number of unbranched alkanes of at least 4 members (excludes halogenated alkanes) is 5. The van der Waals surface area contributed by atoms with Gasteiger partial charge >= 0.3 is 8.56 Å². The Morgan fingerprint density at radius 3 is 1.95 bits per heavy atom. The predicted molar refractivity (Wildman–Crippen MR) is 85.4 cm³/mol. The van der Waals surface area contributed by atoms with Crippen molar-refractivity contribution in [2.75, 3.05) is 20.8 Å². The molecule has 3 nitrogen and oxygen atoms in total. The van der Waals surface area contributed by atoms with Crippen molar-refractivity contribution < 1.29 is 14.0 Å². The Balaban J connectivity index is 2.40. The van der Waals surface area contributed by atoms with E-state index in [9.17, 15) is 0 Å². The lowest BCUT2D eigenvalue weighted by Crippen LogP contribution is -2.52. The van der Waals surface area contributed by atoms with Gasteiger partial charge in [0.05, 0.1) is 0 Å². The third kappa shape index (κ3) is 5.36. The lowest BCUT2D eigenvalue weighted by molar-refractivity contribution is 0.255. The monoisotopic (exact) mass is 296 g/mol. The number of rotatable bonds is 11. The van der Waals surface area contributed by atoms with E-state index < -0.39 is 8.56 Å². The van der Waals surface area contributed by atoms with Gasteiger partial charge in [0, 0.05) is 20.8 Å². The minimum Gasteiger partial charge on any atom is -0.396 e. The molecule has 0 unspecified atom stereocenters. The third-order valence-electron chi connectivity index (χ3n) is 3.79. The summed E-state index contributed by atoms with van der Waals surface area (Å²) in [5.41, 5.74) is 0. The molecule has 1 rings (SSSR count). The molecule has 0 aliphatic heterocycles. The molecule has 0 aliphatic carbocycles. The van der Waals surface area contributed by atoms with Crippen LogP contribution in [0.1, 0.15) is 38.5 Å². The zero-order chi connectivity index (χ0) is 14.7. The fourth-order valence-electron chi connectivity index (χ4n) is 2.54. The average Bonchev–Trinajstić information content (AvgIpc) is 2.52. The predicted octanol–water partition coefficient (Wildman–Crippen LogP) is 2.96. The van der Waals surface area contributed by atoms with Crippen molar-refractivity contribution in [1.82, 2.24) is 0 Å². The Morgan fingerprint density at radius 2 is 1.40 bits per heavy atom. The molecule has 1 aromatic carbocycles. The van der Waals surface area contributed by atoms with Gasteiger partial charge in [-0.1, -0.05) is 62.4 Å². The van der Waals surface area contributed by atoms with Crippen LogP contribution in [-0.4, -0.2) is 34.5 Å². The molecule has 1 aromatic rings. The highest BCUT2D eigenvalue weighted by Crippen LogP contribution is 2.18. The van der Waals surface area contributed by atoms with Crippen LogP contribution in [0.3, 0.4) is 0 Å². The largest absolute Gasteiger partial charge is 0.396 e. The maximum atomic E-state index is 8.74. The SMILES string of the molecule is CO[Si](CCCCCCCCO)(OC)c1ccccc1. The zero-order valence-corrected chi connectivity index (χ0v) is 13.8. The minimum absolute atomic E-state index is 0.317. The first-order valence-electron chi connectivity index (χ1n) is 7.56. The van der Waals surface area contributed by atoms with Crippen molar-refractivity contribution in [2.24, 2.45) is 0 Å². The van der Waals surface area contributed by atoms with Gasteiger partial charge in [-0.3, -0.25) is 0 Å². The summed E-state index contributed by atoms with van der Waals surface area (Å²) in [6.07, 6.45) is 6.85. The van der Waals surface area contributed by atoms with E-state index in [1.165, 1.54) is 24.4 Å². The molecule has 0 spiro atoms. The van der Waals surface area contributed by atoms with Crippen LogP contribution >= 0.6 is 0 Å². The number of hydrogen-bond donors (Lipinski definition) is 1. The summed E-state index contributed by atoms with van der Waals surface area (Å²) in [7, 11) is 1.30. The molecule has 0 bridgehead atoms. The number of aliphatic hydroxyl groups is 1. The molecule has 0 heterocycles. The van der Waals surface area contributed by atoms with Gasteiger partial charge in [0.25, 0.3) is 0 Å². The van der Waals surface area contributed by atoms with Crippen molar-refractivity contribution >= 4 is 13.7 Å². The quantitative estimate of drug-likeness (QED) is 0.504. The molecule has 0 radical (unpaired) electrons.